The third-order valence-corrected chi connectivity index (χ3v) is 9.43. The van der Waals surface area contributed by atoms with Crippen LogP contribution in [-0.2, 0) is 10.1 Å². The first kappa shape index (κ1) is 17.7. The molecule has 0 aliphatic carbocycles. The quantitative estimate of drug-likeness (QED) is 0.541. The largest absolute Gasteiger partial charge is 0.338 e. The zero-order valence-corrected chi connectivity index (χ0v) is 13.8. The third-order valence-electron chi connectivity index (χ3n) is 0.989. The second-order valence-corrected chi connectivity index (χ2v) is 15.0. The molecule has 2 nitrogen and oxygen atoms in total. The summed E-state index contributed by atoms with van der Waals surface area (Å²) in [5.41, 5.74) is 0. The minimum absolute atomic E-state index is 0.185. The van der Waals surface area contributed by atoms with Crippen LogP contribution in [0.25, 0.3) is 0 Å². The van der Waals surface area contributed by atoms with Gasteiger partial charge in [-0.25, -0.2) is 0 Å². The van der Waals surface area contributed by atoms with Gasteiger partial charge in [-0.15, -0.1) is 10.1 Å². The van der Waals surface area contributed by atoms with Gasteiger partial charge < -0.3 is 9.79 Å². The molecule has 0 aromatic rings. The van der Waals surface area contributed by atoms with Crippen LogP contribution < -0.4 is 0 Å². The first-order chi connectivity index (χ1) is 6.31. The molecule has 2 N–H and O–H groups in total. The predicted octanol–water partition coefficient (Wildman–Crippen LogP) is 4.25. The van der Waals surface area contributed by atoms with Crippen LogP contribution in [0.5, 0.6) is 0 Å². The van der Waals surface area contributed by atoms with Crippen molar-refractivity contribution in [3.8, 4) is 0 Å². The van der Waals surface area contributed by atoms with Crippen LogP contribution in [0.3, 0.4) is 0 Å². The van der Waals surface area contributed by atoms with E-state index in [-0.39, 0.29) is 11.5 Å². The van der Waals surface area contributed by atoms with Crippen molar-refractivity contribution in [1.29, 1.82) is 0 Å². The van der Waals surface area contributed by atoms with E-state index >= 15 is 0 Å². The summed E-state index contributed by atoms with van der Waals surface area (Å²) in [5, 5.41) is 0. The number of halogens is 7. The fourth-order valence-corrected chi connectivity index (χ4v) is 8.55. The molecule has 94 valence electrons. The Balaban J connectivity index is 4.98. The highest BCUT2D eigenvalue weighted by Crippen LogP contribution is 2.51. The fourth-order valence-electron chi connectivity index (χ4n) is 0.593. The van der Waals surface area contributed by atoms with Gasteiger partial charge in [-0.2, -0.15) is 0 Å². The molecule has 0 bridgehead atoms. The van der Waals surface area contributed by atoms with Crippen molar-refractivity contribution in [3.05, 3.63) is 0 Å². The van der Waals surface area contributed by atoms with Gasteiger partial charge in [-0.3, -0.25) is 0 Å². The summed E-state index contributed by atoms with van der Waals surface area (Å²) < 4.78 is -3.35. The Labute approximate surface area is 125 Å². The Kier molecular flexibility index (Phi) is 7.39. The van der Waals surface area contributed by atoms with E-state index in [0.717, 1.165) is 0 Å². The van der Waals surface area contributed by atoms with E-state index in [0.29, 0.717) is 0 Å². The topological polar surface area (TPSA) is 40.5 Å². The molecule has 0 atom stereocenters. The maximum Gasteiger partial charge on any atom is 0.236 e. The molecular formula is C4H6Cl7O2PS. The van der Waals surface area contributed by atoms with E-state index < -0.39 is 23.5 Å². The molecule has 0 aromatic heterocycles. The first-order valence-electron chi connectivity index (χ1n) is 3.17. The van der Waals surface area contributed by atoms with Crippen molar-refractivity contribution in [2.75, 3.05) is 11.5 Å². The molecule has 0 rings (SSSR count). The van der Waals surface area contributed by atoms with Gasteiger partial charge >= 0.3 is 0 Å². The summed E-state index contributed by atoms with van der Waals surface area (Å²) >= 11 is 38.4. The Morgan fingerprint density at radius 3 is 1.27 bits per heavy atom. The van der Waals surface area contributed by atoms with Crippen molar-refractivity contribution in [2.24, 2.45) is 0 Å². The van der Waals surface area contributed by atoms with E-state index in [4.69, 9.17) is 80.8 Å². The van der Waals surface area contributed by atoms with Crippen LogP contribution >= 0.6 is 86.7 Å². The van der Waals surface area contributed by atoms with E-state index in [9.17, 15) is 9.79 Å². The maximum atomic E-state index is 9.30. The van der Waals surface area contributed by atoms with Gasteiger partial charge in [0.25, 0.3) is 0 Å². The summed E-state index contributed by atoms with van der Waals surface area (Å²) in [7, 11) is -1.28. The smallest absolute Gasteiger partial charge is 0.236 e. The van der Waals surface area contributed by atoms with Crippen molar-refractivity contribution >= 4 is 96.8 Å². The highest BCUT2D eigenvalue weighted by Gasteiger charge is 2.31. The Morgan fingerprint density at radius 1 is 0.867 bits per heavy atom. The van der Waals surface area contributed by atoms with E-state index in [1.54, 1.807) is 0 Å². The zero-order valence-electron chi connectivity index (χ0n) is 6.81. The molecular weight excluding hydrogens is 391 g/mol. The zero-order chi connectivity index (χ0) is 12.5. The lowest BCUT2D eigenvalue weighted by Gasteiger charge is -2.22. The van der Waals surface area contributed by atoms with Crippen molar-refractivity contribution in [2.45, 2.75) is 7.59 Å². The second kappa shape index (κ2) is 6.25. The first-order valence-corrected chi connectivity index (χ1v) is 10.2. The Hall–Kier alpha value is 2.73. The summed E-state index contributed by atoms with van der Waals surface area (Å²) in [4.78, 5) is 18.6. The average molecular weight is 397 g/mol. The average Bonchev–Trinajstić information content (AvgIpc) is 1.75. The molecule has 0 heterocycles. The lowest BCUT2D eigenvalue weighted by molar-refractivity contribution is 0.499. The SMILES string of the molecule is OP(O)(Cl)=S(CC(Cl)(Cl)Cl)CC(Cl)(Cl)Cl. The normalized spacial score (nSPS) is 14.8. The number of rotatable bonds is 2. The van der Waals surface area contributed by atoms with Gasteiger partial charge in [-0.1, -0.05) is 69.6 Å². The summed E-state index contributed by atoms with van der Waals surface area (Å²) in [5.74, 6) is -4.09. The van der Waals surface area contributed by atoms with Crippen LogP contribution in [0.1, 0.15) is 0 Å². The molecule has 0 spiro atoms. The van der Waals surface area contributed by atoms with Gasteiger partial charge in [-0.05, 0) is 11.2 Å². The molecule has 0 saturated heterocycles. The molecule has 0 aliphatic rings. The number of hydrogen-bond donors (Lipinski definition) is 2. The molecule has 0 amide bonds. The molecule has 11 heteroatoms. The molecule has 0 unspecified atom stereocenters. The van der Waals surface area contributed by atoms with Gasteiger partial charge in [0.1, 0.15) is 0 Å². The van der Waals surface area contributed by atoms with Gasteiger partial charge in [0.15, 0.2) is 7.59 Å². The van der Waals surface area contributed by atoms with E-state index in [2.05, 4.69) is 0 Å². The molecule has 0 aliphatic heterocycles. The summed E-state index contributed by atoms with van der Waals surface area (Å²) in [6.45, 7) is 0. The lowest BCUT2D eigenvalue weighted by atomic mass is 10.9. The summed E-state index contributed by atoms with van der Waals surface area (Å²) in [6, 6.07) is 0. The lowest BCUT2D eigenvalue weighted by Crippen LogP contribution is -2.23. The van der Waals surface area contributed by atoms with Crippen molar-refractivity contribution < 1.29 is 9.79 Å². The third kappa shape index (κ3) is 10.3. The van der Waals surface area contributed by atoms with Crippen LogP contribution in [0.15, 0.2) is 0 Å². The second-order valence-electron chi connectivity index (χ2n) is 2.45. The fraction of sp³-hybridized carbons (Fsp3) is 1.00. The minimum atomic E-state index is -3.73. The van der Waals surface area contributed by atoms with Crippen LogP contribution in [-0.4, -0.2) is 28.9 Å². The number of alkyl halides is 6. The molecule has 0 aromatic carbocycles. The minimum Gasteiger partial charge on any atom is -0.338 e. The molecule has 15 heavy (non-hydrogen) atoms. The van der Waals surface area contributed by atoms with Gasteiger partial charge in [0, 0.05) is 11.5 Å². The van der Waals surface area contributed by atoms with Crippen LogP contribution in [0.2, 0.25) is 0 Å². The summed E-state index contributed by atoms with van der Waals surface area (Å²) in [6.07, 6.45) is 0. The molecule has 0 fully saturated rings. The van der Waals surface area contributed by atoms with Crippen molar-refractivity contribution in [3.63, 3.8) is 0 Å². The number of hydrogen-bond acceptors (Lipinski definition) is 0. The van der Waals surface area contributed by atoms with Crippen LogP contribution in [0, 0.1) is 0 Å². The molecule has 0 radical (unpaired) electrons. The Bertz CT molecular complexity index is 249. The van der Waals surface area contributed by atoms with E-state index in [1.165, 1.54) is 0 Å². The van der Waals surface area contributed by atoms with E-state index in [1.807, 2.05) is 0 Å². The highest BCUT2D eigenvalue weighted by molar-refractivity contribution is 8.37. The standard InChI is InChI=1S/C4H6Cl7O2PS/c5-3(6,7)1-15(14(11,12)13)2-4(8,9)10/h12-13H,1-2H2. The predicted molar refractivity (Wildman–Crippen MR) is 74.9 cm³/mol. The van der Waals surface area contributed by atoms with Crippen molar-refractivity contribution in [1.82, 2.24) is 0 Å². The molecule has 0 saturated carbocycles. The van der Waals surface area contributed by atoms with Gasteiger partial charge in [0.2, 0.25) is 5.84 Å². The maximum absolute atomic E-state index is 9.30. The Morgan fingerprint density at radius 2 is 1.13 bits per heavy atom. The highest BCUT2D eigenvalue weighted by atomic mass is 35.7. The van der Waals surface area contributed by atoms with Crippen LogP contribution in [0.4, 0.5) is 0 Å². The monoisotopic (exact) mass is 394 g/mol. The van der Waals surface area contributed by atoms with Gasteiger partial charge in [0.05, 0.1) is 0 Å².